The normalized spacial score (nSPS) is 13.4. The van der Waals surface area contributed by atoms with Crippen LogP contribution < -0.4 is 62.2 Å². The first kappa shape index (κ1) is 48.3. The smallest absolute Gasteiger partial charge is 0.850 e. The van der Waals surface area contributed by atoms with Gasteiger partial charge >= 0.3 is 57.4 Å². The molecule has 0 saturated heterocycles. The minimum Gasteiger partial charge on any atom is -0.850 e. The Bertz CT molecular complexity index is 1850. The Hall–Kier alpha value is -1.71. The number of nitrogens with zero attached hydrogens (tertiary/aromatic N) is 3. The van der Waals surface area contributed by atoms with Crippen molar-refractivity contribution < 1.29 is 66.0 Å². The predicted molar refractivity (Wildman–Crippen MR) is 212 cm³/mol. The summed E-state index contributed by atoms with van der Waals surface area (Å²) in [4.78, 5) is 12.4. The molecule has 0 saturated carbocycles. The number of esters is 1. The Balaban J connectivity index is 0.000000738. The van der Waals surface area contributed by atoms with E-state index in [1.165, 1.54) is 13.2 Å². The first-order valence-corrected chi connectivity index (χ1v) is 21.6. The first-order chi connectivity index (χ1) is 23.2. The minimum atomic E-state index is -1.31. The molecule has 2 N–H and O–H groups in total. The predicted octanol–water partition coefficient (Wildman–Crippen LogP) is 6.54. The zero-order valence-corrected chi connectivity index (χ0v) is 37.7. The summed E-state index contributed by atoms with van der Waals surface area (Å²) in [7, 11) is 1.27. The van der Waals surface area contributed by atoms with Crippen LogP contribution in [0.5, 0.6) is 0 Å². The second-order valence-electron chi connectivity index (χ2n) is 10.9. The molecule has 5 rings (SSSR count). The van der Waals surface area contributed by atoms with Gasteiger partial charge in [-0.2, -0.15) is 15.8 Å². The number of fused-ring (bicyclic) bond motifs is 1. The molecule has 254 valence electrons. The molecular weight excluding hydrogens is 948 g/mol. The molecular formula is C37H32Cl3I2KN4O3. The third-order valence-corrected chi connectivity index (χ3v) is 7.06. The number of carbonyl (C=O) groups is 1. The summed E-state index contributed by atoms with van der Waals surface area (Å²) in [6, 6.07) is 34.9. The topological polar surface area (TPSA) is 147 Å². The van der Waals surface area contributed by atoms with Crippen molar-refractivity contribution in [3.05, 3.63) is 146 Å². The molecule has 0 aromatic heterocycles. The third-order valence-electron chi connectivity index (χ3n) is 6.26. The van der Waals surface area contributed by atoms with Gasteiger partial charge in [0.25, 0.3) is 0 Å². The second-order valence-corrected chi connectivity index (χ2v) is 12.1. The van der Waals surface area contributed by atoms with Crippen molar-refractivity contribution >= 4 is 83.7 Å². The van der Waals surface area contributed by atoms with Gasteiger partial charge in [-0.3, -0.25) is 0 Å². The molecule has 13 heteroatoms. The molecule has 1 aliphatic carbocycles. The van der Waals surface area contributed by atoms with Crippen LogP contribution in [0.15, 0.2) is 103 Å². The van der Waals surface area contributed by atoms with E-state index in [4.69, 9.17) is 55.8 Å². The summed E-state index contributed by atoms with van der Waals surface area (Å²) in [6.07, 6.45) is 0.515. The molecule has 0 aliphatic heterocycles. The summed E-state index contributed by atoms with van der Waals surface area (Å²) in [5.74, 6) is -0.625. The number of methoxy groups -OCH3 is 1. The molecule has 1 unspecified atom stereocenters. The van der Waals surface area contributed by atoms with Crippen LogP contribution in [0.1, 0.15) is 48.6 Å². The molecule has 50 heavy (non-hydrogen) atoms. The summed E-state index contributed by atoms with van der Waals surface area (Å²) in [5, 5.41) is 38.3. The fourth-order valence-electron chi connectivity index (χ4n) is 4.34. The van der Waals surface area contributed by atoms with Crippen LogP contribution in [0.3, 0.4) is 0 Å². The molecule has 0 amide bonds. The van der Waals surface area contributed by atoms with E-state index in [1.807, 2.05) is 54.6 Å². The van der Waals surface area contributed by atoms with Crippen LogP contribution in [0.25, 0.3) is 5.70 Å². The summed E-state index contributed by atoms with van der Waals surface area (Å²) in [5.41, 5.74) is 7.86. The van der Waals surface area contributed by atoms with Gasteiger partial charge in [-0.05, 0) is 47.0 Å². The Morgan fingerprint density at radius 3 is 1.84 bits per heavy atom. The Labute approximate surface area is 375 Å². The maximum atomic E-state index is 12.4. The number of benzene rings is 4. The van der Waals surface area contributed by atoms with Gasteiger partial charge in [0.05, 0.1) is 47.5 Å². The molecule has 1 aliphatic rings. The van der Waals surface area contributed by atoms with Crippen molar-refractivity contribution in [3.63, 3.8) is 0 Å². The van der Waals surface area contributed by atoms with E-state index in [-0.39, 0.29) is 62.7 Å². The first-order valence-electron chi connectivity index (χ1n) is 14.2. The summed E-state index contributed by atoms with van der Waals surface area (Å²) in [6.45, 7) is 4.90. The number of nitrogens with two attached hydrogens (primary N) is 1. The van der Waals surface area contributed by atoms with Gasteiger partial charge < -0.3 is 15.6 Å². The van der Waals surface area contributed by atoms with Gasteiger partial charge in [0.1, 0.15) is 11.5 Å². The zero-order valence-electron chi connectivity index (χ0n) is 28.0. The molecule has 0 bridgehead atoms. The molecule has 0 radical (unpaired) electrons. The van der Waals surface area contributed by atoms with Crippen LogP contribution in [0.4, 0.5) is 0 Å². The monoisotopic (exact) mass is 978 g/mol. The van der Waals surface area contributed by atoms with Gasteiger partial charge in [-0.15, -0.1) is 5.60 Å². The fraction of sp³-hybridized carbons (Fsp3) is 0.189. The number of ether oxygens (including phenoxy) is 1. The van der Waals surface area contributed by atoms with Crippen LogP contribution in [0.2, 0.25) is 15.1 Å². The van der Waals surface area contributed by atoms with E-state index in [0.717, 1.165) is 5.56 Å². The van der Waals surface area contributed by atoms with Gasteiger partial charge in [-0.25, -0.2) is 4.79 Å². The van der Waals surface area contributed by atoms with Crippen LogP contribution in [-0.2, 0) is 21.4 Å². The van der Waals surface area contributed by atoms with Gasteiger partial charge in [0.15, 0.2) is 0 Å². The number of carbonyl (C=O) groups excluding carboxylic acids is 1. The van der Waals surface area contributed by atoms with Crippen molar-refractivity contribution in [2.45, 2.75) is 38.2 Å². The SMILES string of the molecule is CC(C)(C)[O-].COC(=O)C1=C(N)c2cc(Cl)ccc2C1(C#N)c1ccccc1.II.N#CCc1ccccc1.N#Cc1cc(Cl)ccc1Cl.[K+]. The summed E-state index contributed by atoms with van der Waals surface area (Å²) < 4.78 is 4.88. The molecule has 0 heterocycles. The van der Waals surface area contributed by atoms with E-state index in [1.54, 1.807) is 63.2 Å². The van der Waals surface area contributed by atoms with Gasteiger partial charge in [0.2, 0.25) is 0 Å². The van der Waals surface area contributed by atoms with Crippen LogP contribution >= 0.6 is 72.0 Å². The maximum absolute atomic E-state index is 12.4. The fourth-order valence-corrected chi connectivity index (χ4v) is 4.85. The third kappa shape index (κ3) is 14.7. The number of nitriles is 3. The minimum absolute atomic E-state index is 0. The van der Waals surface area contributed by atoms with Crippen molar-refractivity contribution in [2.75, 3.05) is 7.11 Å². The average Bonchev–Trinajstić information content (AvgIpc) is 3.34. The Morgan fingerprint density at radius 1 is 0.880 bits per heavy atom. The maximum Gasteiger partial charge on any atom is 1.00 e. The van der Waals surface area contributed by atoms with E-state index in [9.17, 15) is 15.2 Å². The van der Waals surface area contributed by atoms with Crippen molar-refractivity contribution in [2.24, 2.45) is 5.73 Å². The average molecular weight is 980 g/mol. The largest absolute Gasteiger partial charge is 1.00 e. The number of halogens is 5. The molecule has 7 nitrogen and oxygen atoms in total. The van der Waals surface area contributed by atoms with E-state index < -0.39 is 17.0 Å². The number of hydrogen-bond donors (Lipinski definition) is 1. The van der Waals surface area contributed by atoms with Gasteiger partial charge in [-0.1, -0.05) is 122 Å². The van der Waals surface area contributed by atoms with E-state index in [2.05, 4.69) is 49.4 Å². The molecule has 4 aromatic rings. The van der Waals surface area contributed by atoms with Crippen LogP contribution in [0, 0.1) is 34.0 Å². The molecule has 0 fully saturated rings. The second kappa shape index (κ2) is 24.5. The summed E-state index contributed by atoms with van der Waals surface area (Å²) >= 11 is 21.5. The zero-order chi connectivity index (χ0) is 37.2. The van der Waals surface area contributed by atoms with Crippen molar-refractivity contribution in [1.82, 2.24) is 0 Å². The molecule has 1 atom stereocenters. The number of rotatable bonds is 3. The number of hydrogen-bond acceptors (Lipinski definition) is 7. The quantitative estimate of drug-likeness (QED) is 0.139. The standard InChI is InChI=1S/C18H13ClN2O2.C8H7N.C7H3Cl2N.C4H9O.I2.K/c1-23-17(22)15-16(21)13-9-12(19)7-8-14(13)18(15,10-20)11-5-3-2-4-6-11;9-7-6-8-4-2-1-3-5-8;8-6-1-2-7(9)5(3-6)4-10;1-4(2,3)5;1-2;/h2-9H,21H2,1H3;1-5H,6H2;1-3H;1-3H3;;/q;;;-1;;+1. The molecule has 0 spiro atoms. The van der Waals surface area contributed by atoms with Crippen molar-refractivity contribution in [3.8, 4) is 18.2 Å². The van der Waals surface area contributed by atoms with Gasteiger partial charge in [0, 0.05) is 52.8 Å². The Morgan fingerprint density at radius 2 is 1.38 bits per heavy atom. The van der Waals surface area contributed by atoms with E-state index >= 15 is 0 Å². The van der Waals surface area contributed by atoms with E-state index in [0.29, 0.717) is 43.7 Å². The van der Waals surface area contributed by atoms with Crippen LogP contribution in [-0.4, -0.2) is 18.7 Å². The Kier molecular flexibility index (Phi) is 23.7. The molecule has 4 aromatic carbocycles. The van der Waals surface area contributed by atoms with Crippen molar-refractivity contribution in [1.29, 1.82) is 15.8 Å².